The second kappa shape index (κ2) is 6.99. The molecule has 0 spiro atoms. The van der Waals surface area contributed by atoms with E-state index in [0.29, 0.717) is 5.82 Å². The molecule has 134 valence electrons. The molecule has 0 atom stereocenters. The van der Waals surface area contributed by atoms with Crippen molar-refractivity contribution in [3.63, 3.8) is 0 Å². The van der Waals surface area contributed by atoms with E-state index in [9.17, 15) is 18.0 Å². The van der Waals surface area contributed by atoms with Crippen LogP contribution in [0.2, 0.25) is 0 Å². The average molecular weight is 360 g/mol. The fraction of sp³-hybridized carbons (Fsp3) is 0.167. The van der Waals surface area contributed by atoms with Gasteiger partial charge in [-0.1, -0.05) is 30.3 Å². The first-order chi connectivity index (χ1) is 12.4. The van der Waals surface area contributed by atoms with Gasteiger partial charge in [-0.2, -0.15) is 18.3 Å². The van der Waals surface area contributed by atoms with Gasteiger partial charge >= 0.3 is 6.18 Å². The molecular formula is C18H15F3N4O. The number of hydrazone groups is 1. The minimum atomic E-state index is -4.49. The Morgan fingerprint density at radius 3 is 2.62 bits per heavy atom. The molecule has 1 aromatic heterocycles. The normalized spacial score (nSPS) is 12.0. The first-order valence-corrected chi connectivity index (χ1v) is 7.74. The van der Waals surface area contributed by atoms with Crippen molar-refractivity contribution in [2.75, 3.05) is 0 Å². The summed E-state index contributed by atoms with van der Waals surface area (Å²) in [4.78, 5) is 16.4. The number of carbonyl (C=O) groups is 1. The van der Waals surface area contributed by atoms with Crippen LogP contribution in [0.1, 0.15) is 17.0 Å². The lowest BCUT2D eigenvalue weighted by Gasteiger charge is -2.09. The maximum absolute atomic E-state index is 12.9. The smallest absolute Gasteiger partial charge is 0.331 e. The van der Waals surface area contributed by atoms with E-state index in [-0.39, 0.29) is 12.0 Å². The highest BCUT2D eigenvalue weighted by Gasteiger charge is 2.32. The molecule has 5 nitrogen and oxygen atoms in total. The maximum Gasteiger partial charge on any atom is 0.417 e. The van der Waals surface area contributed by atoms with Gasteiger partial charge in [0.25, 0.3) is 0 Å². The SMILES string of the molecule is Cn1c(CC(=O)N/N=C/c2ccccc2C(F)(F)F)nc2ccccc21. The minimum absolute atomic E-state index is 0.0383. The van der Waals surface area contributed by atoms with Crippen molar-refractivity contribution in [1.29, 1.82) is 0 Å². The number of amides is 1. The van der Waals surface area contributed by atoms with Crippen molar-refractivity contribution in [2.45, 2.75) is 12.6 Å². The topological polar surface area (TPSA) is 59.3 Å². The predicted molar refractivity (Wildman–Crippen MR) is 91.6 cm³/mol. The van der Waals surface area contributed by atoms with Crippen LogP contribution >= 0.6 is 0 Å². The fourth-order valence-electron chi connectivity index (χ4n) is 2.58. The van der Waals surface area contributed by atoms with Gasteiger partial charge in [-0.25, -0.2) is 10.4 Å². The lowest BCUT2D eigenvalue weighted by Crippen LogP contribution is -2.21. The Morgan fingerprint density at radius 2 is 1.88 bits per heavy atom. The molecule has 3 aromatic rings. The van der Waals surface area contributed by atoms with Crippen molar-refractivity contribution >= 4 is 23.2 Å². The number of benzene rings is 2. The summed E-state index contributed by atoms with van der Waals surface area (Å²) < 4.78 is 40.5. The second-order valence-electron chi connectivity index (χ2n) is 5.63. The van der Waals surface area contributed by atoms with E-state index in [4.69, 9.17) is 0 Å². The summed E-state index contributed by atoms with van der Waals surface area (Å²) in [7, 11) is 1.79. The highest BCUT2D eigenvalue weighted by atomic mass is 19.4. The Bertz CT molecular complexity index is 976. The summed E-state index contributed by atoms with van der Waals surface area (Å²) in [6.07, 6.45) is -3.54. The van der Waals surface area contributed by atoms with E-state index in [1.165, 1.54) is 18.2 Å². The molecule has 0 aliphatic rings. The quantitative estimate of drug-likeness (QED) is 0.573. The van der Waals surface area contributed by atoms with Crippen molar-refractivity contribution in [1.82, 2.24) is 15.0 Å². The number of hydrogen-bond donors (Lipinski definition) is 1. The van der Waals surface area contributed by atoms with Crippen LogP contribution in [0.3, 0.4) is 0 Å². The molecule has 0 radical (unpaired) electrons. The number of hydrogen-bond acceptors (Lipinski definition) is 3. The van der Waals surface area contributed by atoms with Crippen LogP contribution in [0.25, 0.3) is 11.0 Å². The van der Waals surface area contributed by atoms with Crippen molar-refractivity contribution in [2.24, 2.45) is 12.1 Å². The van der Waals surface area contributed by atoms with E-state index in [2.05, 4.69) is 15.5 Å². The number of aromatic nitrogens is 2. The monoisotopic (exact) mass is 360 g/mol. The van der Waals surface area contributed by atoms with Crippen LogP contribution in [0.4, 0.5) is 13.2 Å². The number of alkyl halides is 3. The molecule has 2 aromatic carbocycles. The van der Waals surface area contributed by atoms with Crippen LogP contribution in [0.5, 0.6) is 0 Å². The lowest BCUT2D eigenvalue weighted by atomic mass is 10.1. The molecule has 0 bridgehead atoms. The largest absolute Gasteiger partial charge is 0.417 e. The van der Waals surface area contributed by atoms with E-state index in [0.717, 1.165) is 23.3 Å². The van der Waals surface area contributed by atoms with Gasteiger partial charge < -0.3 is 4.57 Å². The summed E-state index contributed by atoms with van der Waals surface area (Å²) >= 11 is 0. The standard InChI is InChI=1S/C18H15F3N4O/c1-25-15-9-5-4-8-14(15)23-16(25)10-17(26)24-22-11-12-6-2-3-7-13(12)18(19,20)21/h2-9,11H,10H2,1H3,(H,24,26)/b22-11+. The van der Waals surface area contributed by atoms with Crippen molar-refractivity contribution in [3.05, 3.63) is 65.5 Å². The molecule has 1 amide bonds. The number of imidazole rings is 1. The van der Waals surface area contributed by atoms with Crippen LogP contribution in [-0.4, -0.2) is 21.7 Å². The van der Waals surface area contributed by atoms with Gasteiger partial charge in [0.05, 0.1) is 29.2 Å². The number of rotatable bonds is 4. The zero-order valence-corrected chi connectivity index (χ0v) is 13.8. The lowest BCUT2D eigenvalue weighted by molar-refractivity contribution is -0.137. The first-order valence-electron chi connectivity index (χ1n) is 7.74. The van der Waals surface area contributed by atoms with Crippen LogP contribution in [0, 0.1) is 0 Å². The summed E-state index contributed by atoms with van der Waals surface area (Å²) in [5.74, 6) is 0.0683. The third kappa shape index (κ3) is 3.74. The Morgan fingerprint density at radius 1 is 1.19 bits per heavy atom. The predicted octanol–water partition coefficient (Wildman–Crippen LogP) is 3.28. The van der Waals surface area contributed by atoms with Crippen LogP contribution < -0.4 is 5.43 Å². The molecule has 8 heteroatoms. The molecule has 26 heavy (non-hydrogen) atoms. The third-order valence-electron chi connectivity index (χ3n) is 3.86. The first kappa shape index (κ1) is 17.7. The maximum atomic E-state index is 12.9. The van der Waals surface area contributed by atoms with Gasteiger partial charge in [-0.3, -0.25) is 4.79 Å². The summed E-state index contributed by atoms with van der Waals surface area (Å²) in [6, 6.07) is 12.5. The third-order valence-corrected chi connectivity index (χ3v) is 3.86. The number of fused-ring (bicyclic) bond motifs is 1. The zero-order chi connectivity index (χ0) is 18.7. The van der Waals surface area contributed by atoms with E-state index < -0.39 is 17.6 Å². The van der Waals surface area contributed by atoms with Gasteiger partial charge in [0.15, 0.2) is 0 Å². The summed E-state index contributed by atoms with van der Waals surface area (Å²) in [6.45, 7) is 0. The summed E-state index contributed by atoms with van der Waals surface area (Å²) in [5.41, 5.74) is 2.96. The van der Waals surface area contributed by atoms with Gasteiger partial charge in [-0.05, 0) is 18.2 Å². The Balaban J connectivity index is 1.69. The van der Waals surface area contributed by atoms with E-state index >= 15 is 0 Å². The Hall–Kier alpha value is -3.16. The number of aryl methyl sites for hydroxylation is 1. The summed E-state index contributed by atoms with van der Waals surface area (Å²) in [5, 5.41) is 3.63. The number of halogens is 3. The number of nitrogens with one attached hydrogen (secondary N) is 1. The number of para-hydroxylation sites is 2. The molecule has 0 saturated carbocycles. The molecule has 0 unspecified atom stereocenters. The van der Waals surface area contributed by atoms with Crippen molar-refractivity contribution < 1.29 is 18.0 Å². The molecule has 0 fully saturated rings. The highest BCUT2D eigenvalue weighted by molar-refractivity contribution is 5.85. The van der Waals surface area contributed by atoms with Gasteiger partial charge in [-0.15, -0.1) is 0 Å². The molecule has 0 aliphatic carbocycles. The molecular weight excluding hydrogens is 345 g/mol. The average Bonchev–Trinajstić information content (AvgIpc) is 2.91. The van der Waals surface area contributed by atoms with Crippen molar-refractivity contribution in [3.8, 4) is 0 Å². The fourth-order valence-corrected chi connectivity index (χ4v) is 2.58. The Labute approximate surface area is 147 Å². The Kier molecular flexibility index (Phi) is 4.75. The number of nitrogens with zero attached hydrogens (tertiary/aromatic N) is 3. The molecule has 0 aliphatic heterocycles. The zero-order valence-electron chi connectivity index (χ0n) is 13.8. The van der Waals surface area contributed by atoms with Gasteiger partial charge in [0, 0.05) is 12.6 Å². The molecule has 1 N–H and O–H groups in total. The number of carbonyl (C=O) groups excluding carboxylic acids is 1. The van der Waals surface area contributed by atoms with E-state index in [1.54, 1.807) is 11.6 Å². The molecule has 0 saturated heterocycles. The van der Waals surface area contributed by atoms with Crippen LogP contribution in [-0.2, 0) is 24.4 Å². The van der Waals surface area contributed by atoms with E-state index in [1.807, 2.05) is 24.3 Å². The minimum Gasteiger partial charge on any atom is -0.331 e. The van der Waals surface area contributed by atoms with Crippen LogP contribution in [0.15, 0.2) is 53.6 Å². The molecule has 3 rings (SSSR count). The van der Waals surface area contributed by atoms with Gasteiger partial charge in [0.1, 0.15) is 5.82 Å². The molecule has 1 heterocycles. The highest BCUT2D eigenvalue weighted by Crippen LogP contribution is 2.31. The van der Waals surface area contributed by atoms with Gasteiger partial charge in [0.2, 0.25) is 5.91 Å². The second-order valence-corrected chi connectivity index (χ2v) is 5.63.